The second-order valence-electron chi connectivity index (χ2n) is 8.66. The maximum absolute atomic E-state index is 13.4. The second-order valence-corrected chi connectivity index (χ2v) is 9.07. The SMILES string of the molecule is CC1=C(C(=O)OC2CCCCC2)C(c2cc3c(cc2Cl)OCO3)C2=C(CCCC2=O)N1. The van der Waals surface area contributed by atoms with Crippen LogP contribution in [-0.4, -0.2) is 24.6 Å². The third-order valence-electron chi connectivity index (χ3n) is 6.62. The number of carbonyl (C=O) groups excluding carboxylic acids is 2. The largest absolute Gasteiger partial charge is 0.459 e. The molecule has 1 unspecified atom stereocenters. The van der Waals surface area contributed by atoms with Gasteiger partial charge in [0.05, 0.1) is 5.57 Å². The number of esters is 1. The molecule has 0 saturated heterocycles. The van der Waals surface area contributed by atoms with Crippen molar-refractivity contribution < 1.29 is 23.8 Å². The Hall–Kier alpha value is -2.47. The lowest BCUT2D eigenvalue weighted by Crippen LogP contribution is -2.35. The van der Waals surface area contributed by atoms with Crippen LogP contribution in [0.5, 0.6) is 11.5 Å². The van der Waals surface area contributed by atoms with Crippen molar-refractivity contribution >= 4 is 23.4 Å². The van der Waals surface area contributed by atoms with Crippen LogP contribution >= 0.6 is 11.6 Å². The number of halogens is 1. The van der Waals surface area contributed by atoms with Gasteiger partial charge in [-0.15, -0.1) is 0 Å². The molecule has 0 radical (unpaired) electrons. The van der Waals surface area contributed by atoms with Gasteiger partial charge >= 0.3 is 5.97 Å². The van der Waals surface area contributed by atoms with Gasteiger partial charge in [0.15, 0.2) is 17.3 Å². The van der Waals surface area contributed by atoms with Gasteiger partial charge in [-0.25, -0.2) is 4.79 Å². The van der Waals surface area contributed by atoms with Crippen LogP contribution < -0.4 is 14.8 Å². The summed E-state index contributed by atoms with van der Waals surface area (Å²) in [5, 5.41) is 3.77. The van der Waals surface area contributed by atoms with Crippen LogP contribution in [0.4, 0.5) is 0 Å². The van der Waals surface area contributed by atoms with Gasteiger partial charge in [-0.2, -0.15) is 0 Å². The highest BCUT2D eigenvalue weighted by atomic mass is 35.5. The van der Waals surface area contributed by atoms with Crippen LogP contribution in [0, 0.1) is 0 Å². The molecule has 164 valence electrons. The second kappa shape index (κ2) is 8.23. The first kappa shape index (κ1) is 20.4. The minimum atomic E-state index is -0.581. The van der Waals surface area contributed by atoms with Crippen LogP contribution in [0.1, 0.15) is 69.8 Å². The Bertz CT molecular complexity index is 1010. The van der Waals surface area contributed by atoms with Gasteiger partial charge in [0, 0.05) is 40.4 Å². The van der Waals surface area contributed by atoms with Gasteiger partial charge in [0.2, 0.25) is 6.79 Å². The van der Waals surface area contributed by atoms with Gasteiger partial charge in [-0.1, -0.05) is 18.0 Å². The summed E-state index contributed by atoms with van der Waals surface area (Å²) < 4.78 is 16.9. The standard InChI is InChI=1S/C24H26ClNO5/c1-13-21(24(28)31-14-6-3-2-4-7-14)22(23-17(26-13)8-5-9-18(23)27)15-10-19-20(11-16(15)25)30-12-29-19/h10-11,14,22,26H,2-9,12H2,1H3. The Morgan fingerprint density at radius 1 is 1.10 bits per heavy atom. The Kier molecular flexibility index (Phi) is 5.42. The molecule has 1 saturated carbocycles. The molecule has 1 aromatic rings. The lowest BCUT2D eigenvalue weighted by Gasteiger charge is -2.35. The number of dihydropyridines is 1. The number of allylic oxidation sites excluding steroid dienone is 3. The van der Waals surface area contributed by atoms with Crippen LogP contribution in [0.2, 0.25) is 5.02 Å². The zero-order valence-electron chi connectivity index (χ0n) is 17.6. The van der Waals surface area contributed by atoms with Gasteiger partial charge in [-0.05, 0) is 57.1 Å². The third kappa shape index (κ3) is 3.71. The highest BCUT2D eigenvalue weighted by Gasteiger charge is 2.41. The van der Waals surface area contributed by atoms with Crippen molar-refractivity contribution in [2.24, 2.45) is 0 Å². The van der Waals surface area contributed by atoms with Gasteiger partial charge < -0.3 is 19.5 Å². The van der Waals surface area contributed by atoms with Crippen LogP contribution in [0.25, 0.3) is 0 Å². The molecule has 31 heavy (non-hydrogen) atoms. The van der Waals surface area contributed by atoms with Crippen LogP contribution in [0.15, 0.2) is 34.7 Å². The summed E-state index contributed by atoms with van der Waals surface area (Å²) in [6.07, 6.45) is 7.02. The lowest BCUT2D eigenvalue weighted by atomic mass is 9.75. The molecule has 6 nitrogen and oxygen atoms in total. The van der Waals surface area contributed by atoms with E-state index in [1.165, 1.54) is 6.42 Å². The molecule has 4 aliphatic rings. The number of fused-ring (bicyclic) bond motifs is 1. The van der Waals surface area contributed by atoms with E-state index in [9.17, 15) is 9.59 Å². The van der Waals surface area contributed by atoms with E-state index in [1.807, 2.05) is 6.92 Å². The maximum atomic E-state index is 13.4. The van der Waals surface area contributed by atoms with Crippen molar-refractivity contribution in [3.63, 3.8) is 0 Å². The van der Waals surface area contributed by atoms with Crippen molar-refractivity contribution in [1.29, 1.82) is 0 Å². The molecular weight excluding hydrogens is 418 g/mol. The first-order valence-electron chi connectivity index (χ1n) is 11.1. The molecule has 2 aliphatic carbocycles. The summed E-state index contributed by atoms with van der Waals surface area (Å²) in [7, 11) is 0. The Labute approximate surface area is 186 Å². The highest BCUT2D eigenvalue weighted by Crippen LogP contribution is 2.48. The summed E-state index contributed by atoms with van der Waals surface area (Å²) in [4.78, 5) is 26.5. The normalized spacial score (nSPS) is 23.5. The predicted octanol–water partition coefficient (Wildman–Crippen LogP) is 4.91. The van der Waals surface area contributed by atoms with E-state index in [0.29, 0.717) is 45.3 Å². The fraction of sp³-hybridized carbons (Fsp3) is 0.500. The minimum Gasteiger partial charge on any atom is -0.459 e. The first-order valence-corrected chi connectivity index (χ1v) is 11.4. The van der Waals surface area contributed by atoms with E-state index in [0.717, 1.165) is 44.2 Å². The van der Waals surface area contributed by atoms with Crippen molar-refractivity contribution in [1.82, 2.24) is 5.32 Å². The molecule has 1 N–H and O–H groups in total. The number of ether oxygens (including phenoxy) is 3. The third-order valence-corrected chi connectivity index (χ3v) is 6.95. The Morgan fingerprint density at radius 3 is 2.61 bits per heavy atom. The molecule has 7 heteroatoms. The van der Waals surface area contributed by atoms with Gasteiger partial charge in [0.25, 0.3) is 0 Å². The number of hydrogen-bond donors (Lipinski definition) is 1. The lowest BCUT2D eigenvalue weighted by molar-refractivity contribution is -0.146. The van der Waals surface area contributed by atoms with E-state index in [-0.39, 0.29) is 24.6 Å². The molecule has 1 aromatic carbocycles. The highest BCUT2D eigenvalue weighted by molar-refractivity contribution is 6.32. The fourth-order valence-corrected chi connectivity index (χ4v) is 5.38. The quantitative estimate of drug-likeness (QED) is 0.669. The molecule has 1 fully saturated rings. The van der Waals surface area contributed by atoms with E-state index >= 15 is 0 Å². The maximum Gasteiger partial charge on any atom is 0.337 e. The number of Topliss-reactive ketones (excluding diaryl/α,β-unsaturated/α-hetero) is 1. The number of rotatable bonds is 3. The summed E-state index contributed by atoms with van der Waals surface area (Å²) in [6, 6.07) is 3.50. The number of benzene rings is 1. The molecule has 0 spiro atoms. The molecule has 2 heterocycles. The van der Waals surface area contributed by atoms with E-state index < -0.39 is 5.92 Å². The van der Waals surface area contributed by atoms with Crippen molar-refractivity contribution in [2.75, 3.05) is 6.79 Å². The Morgan fingerprint density at radius 2 is 1.84 bits per heavy atom. The molecule has 0 bridgehead atoms. The van der Waals surface area contributed by atoms with Gasteiger partial charge in [0.1, 0.15) is 6.10 Å². The minimum absolute atomic E-state index is 0.0444. The average Bonchev–Trinajstić information content (AvgIpc) is 3.20. The molecule has 1 atom stereocenters. The zero-order chi connectivity index (χ0) is 21.5. The molecule has 0 amide bonds. The number of ketones is 1. The summed E-state index contributed by atoms with van der Waals surface area (Å²) in [5.41, 5.74) is 3.34. The fourth-order valence-electron chi connectivity index (χ4n) is 5.12. The molecule has 2 aliphatic heterocycles. The molecule has 0 aromatic heterocycles. The number of carbonyl (C=O) groups is 2. The van der Waals surface area contributed by atoms with Crippen molar-refractivity contribution in [2.45, 2.75) is 70.3 Å². The Balaban J connectivity index is 1.59. The van der Waals surface area contributed by atoms with E-state index in [4.69, 9.17) is 25.8 Å². The topological polar surface area (TPSA) is 73.9 Å². The van der Waals surface area contributed by atoms with Crippen molar-refractivity contribution in [3.8, 4) is 11.5 Å². The molecule has 5 rings (SSSR count). The first-order chi connectivity index (χ1) is 15.0. The van der Waals surface area contributed by atoms with Crippen LogP contribution in [0.3, 0.4) is 0 Å². The van der Waals surface area contributed by atoms with E-state index in [2.05, 4.69) is 5.32 Å². The van der Waals surface area contributed by atoms with Gasteiger partial charge in [-0.3, -0.25) is 4.79 Å². The summed E-state index contributed by atoms with van der Waals surface area (Å²) >= 11 is 6.67. The van der Waals surface area contributed by atoms with Crippen molar-refractivity contribution in [3.05, 3.63) is 45.3 Å². The summed E-state index contributed by atoms with van der Waals surface area (Å²) in [6.45, 7) is 1.99. The summed E-state index contributed by atoms with van der Waals surface area (Å²) in [5.74, 6) is 0.227. The number of hydrogen-bond acceptors (Lipinski definition) is 6. The number of nitrogens with one attached hydrogen (secondary N) is 1. The average molecular weight is 444 g/mol. The monoisotopic (exact) mass is 443 g/mol. The van der Waals surface area contributed by atoms with Crippen LogP contribution in [-0.2, 0) is 14.3 Å². The molecular formula is C24H26ClNO5. The smallest absolute Gasteiger partial charge is 0.337 e. The predicted molar refractivity (Wildman–Crippen MR) is 115 cm³/mol. The van der Waals surface area contributed by atoms with E-state index in [1.54, 1.807) is 12.1 Å². The zero-order valence-corrected chi connectivity index (χ0v) is 18.3.